The number of nitrogens with zero attached hydrogens (tertiary/aromatic N) is 3. The first-order chi connectivity index (χ1) is 10.2. The van der Waals surface area contributed by atoms with Crippen LogP contribution in [-0.4, -0.2) is 21.1 Å². The summed E-state index contributed by atoms with van der Waals surface area (Å²) in [6.07, 6.45) is 4.93. The van der Waals surface area contributed by atoms with Gasteiger partial charge in [-0.2, -0.15) is 5.10 Å². The number of aryl methyl sites for hydroxylation is 1. The molecule has 0 spiro atoms. The third kappa shape index (κ3) is 2.58. The second-order valence-corrected chi connectivity index (χ2v) is 4.72. The van der Waals surface area contributed by atoms with Crippen molar-refractivity contribution in [1.29, 1.82) is 0 Å². The number of aromatic nitrogens is 3. The van der Waals surface area contributed by atoms with Gasteiger partial charge in [0.25, 0.3) is 0 Å². The van der Waals surface area contributed by atoms with Gasteiger partial charge in [-0.1, -0.05) is 17.7 Å². The molecule has 0 saturated heterocycles. The van der Waals surface area contributed by atoms with Gasteiger partial charge < -0.3 is 0 Å². The molecule has 0 aliphatic carbocycles. The molecule has 4 nitrogen and oxygen atoms in total. The zero-order chi connectivity index (χ0) is 14.8. The fourth-order valence-electron chi connectivity index (χ4n) is 2.07. The highest BCUT2D eigenvalue weighted by Crippen LogP contribution is 2.22. The lowest BCUT2D eigenvalue weighted by atomic mass is 10.1. The lowest BCUT2D eigenvalue weighted by Crippen LogP contribution is -1.95. The fourth-order valence-corrected chi connectivity index (χ4v) is 2.07. The normalized spacial score (nSPS) is 10.6. The number of rotatable bonds is 3. The Balaban J connectivity index is 2.10. The second kappa shape index (κ2) is 5.28. The number of hydrogen-bond acceptors (Lipinski definition) is 3. The molecule has 2 heterocycles. The molecule has 0 amide bonds. The van der Waals surface area contributed by atoms with Crippen molar-refractivity contribution >= 4 is 6.29 Å². The van der Waals surface area contributed by atoms with E-state index in [1.807, 2.05) is 31.2 Å². The number of halogens is 1. The molecular weight excluding hydrogens is 269 g/mol. The minimum absolute atomic E-state index is 0.392. The van der Waals surface area contributed by atoms with E-state index in [0.29, 0.717) is 23.1 Å². The molecule has 2 aromatic heterocycles. The molecule has 0 fully saturated rings. The quantitative estimate of drug-likeness (QED) is 0.693. The van der Waals surface area contributed by atoms with Gasteiger partial charge in [0.15, 0.2) is 6.29 Å². The molecule has 0 N–H and O–H groups in total. The first-order valence-electron chi connectivity index (χ1n) is 6.40. The summed E-state index contributed by atoms with van der Waals surface area (Å²) in [6, 6.07) is 9.04. The van der Waals surface area contributed by atoms with Crippen LogP contribution in [0.15, 0.2) is 48.9 Å². The number of carbonyl (C=O) groups is 1. The highest BCUT2D eigenvalue weighted by molar-refractivity contribution is 5.85. The summed E-state index contributed by atoms with van der Waals surface area (Å²) in [5.41, 5.74) is 3.25. The number of benzene rings is 1. The van der Waals surface area contributed by atoms with Gasteiger partial charge >= 0.3 is 0 Å². The summed E-state index contributed by atoms with van der Waals surface area (Å²) in [6.45, 7) is 1.99. The van der Waals surface area contributed by atoms with E-state index in [4.69, 9.17) is 0 Å². The van der Waals surface area contributed by atoms with Gasteiger partial charge in [-0.15, -0.1) is 0 Å². The third-order valence-electron chi connectivity index (χ3n) is 3.15. The van der Waals surface area contributed by atoms with Crippen molar-refractivity contribution in [2.45, 2.75) is 6.92 Å². The molecule has 0 saturated carbocycles. The van der Waals surface area contributed by atoms with Crippen LogP contribution < -0.4 is 0 Å². The minimum Gasteiger partial charge on any atom is -0.298 e. The van der Waals surface area contributed by atoms with Crippen molar-refractivity contribution in [3.8, 4) is 16.9 Å². The first-order valence-corrected chi connectivity index (χ1v) is 6.40. The van der Waals surface area contributed by atoms with Crippen molar-refractivity contribution in [3.63, 3.8) is 0 Å². The summed E-state index contributed by atoms with van der Waals surface area (Å²) in [4.78, 5) is 15.0. The van der Waals surface area contributed by atoms with Crippen LogP contribution in [0.4, 0.5) is 4.39 Å². The maximum atomic E-state index is 13.3. The summed E-state index contributed by atoms with van der Waals surface area (Å²) < 4.78 is 14.9. The molecule has 21 heavy (non-hydrogen) atoms. The van der Waals surface area contributed by atoms with E-state index in [1.54, 1.807) is 10.9 Å². The highest BCUT2D eigenvalue weighted by Gasteiger charge is 2.12. The van der Waals surface area contributed by atoms with E-state index in [1.165, 1.54) is 12.3 Å². The molecule has 3 aromatic rings. The molecule has 0 unspecified atom stereocenters. The lowest BCUT2D eigenvalue weighted by molar-refractivity contribution is 0.112. The Bertz CT molecular complexity index is 794. The van der Waals surface area contributed by atoms with Crippen LogP contribution in [0.2, 0.25) is 0 Å². The predicted molar refractivity (Wildman–Crippen MR) is 76.9 cm³/mol. The van der Waals surface area contributed by atoms with Gasteiger partial charge in [-0.3, -0.25) is 9.78 Å². The summed E-state index contributed by atoms with van der Waals surface area (Å²) >= 11 is 0. The van der Waals surface area contributed by atoms with E-state index in [-0.39, 0.29) is 0 Å². The topological polar surface area (TPSA) is 47.8 Å². The van der Waals surface area contributed by atoms with Crippen molar-refractivity contribution in [3.05, 3.63) is 65.9 Å². The molecule has 0 aliphatic heterocycles. The van der Waals surface area contributed by atoms with E-state index in [0.717, 1.165) is 17.4 Å². The van der Waals surface area contributed by atoms with Gasteiger partial charge in [0.2, 0.25) is 0 Å². The Morgan fingerprint density at radius 1 is 1.19 bits per heavy atom. The largest absolute Gasteiger partial charge is 0.298 e. The smallest absolute Gasteiger partial charge is 0.153 e. The lowest BCUT2D eigenvalue weighted by Gasteiger charge is -2.01. The van der Waals surface area contributed by atoms with Crippen LogP contribution >= 0.6 is 0 Å². The van der Waals surface area contributed by atoms with Gasteiger partial charge in [0, 0.05) is 18.0 Å². The van der Waals surface area contributed by atoms with Gasteiger partial charge in [0.05, 0.1) is 17.4 Å². The monoisotopic (exact) mass is 281 g/mol. The minimum atomic E-state index is -0.464. The van der Waals surface area contributed by atoms with Gasteiger partial charge in [-0.25, -0.2) is 9.07 Å². The number of hydrogen-bond donors (Lipinski definition) is 0. The Labute approximate surface area is 120 Å². The number of carbonyl (C=O) groups excluding carboxylic acids is 1. The third-order valence-corrected chi connectivity index (χ3v) is 3.15. The molecule has 5 heteroatoms. The van der Waals surface area contributed by atoms with E-state index >= 15 is 0 Å². The molecule has 3 rings (SSSR count). The first kappa shape index (κ1) is 13.2. The number of pyridine rings is 1. The summed E-state index contributed by atoms with van der Waals surface area (Å²) in [5.74, 6) is -0.464. The summed E-state index contributed by atoms with van der Waals surface area (Å²) in [7, 11) is 0. The average Bonchev–Trinajstić information content (AvgIpc) is 2.92. The van der Waals surface area contributed by atoms with Crippen LogP contribution in [0.25, 0.3) is 16.9 Å². The molecule has 0 aliphatic rings. The van der Waals surface area contributed by atoms with Crippen LogP contribution in [0.5, 0.6) is 0 Å². The Kier molecular flexibility index (Phi) is 3.31. The predicted octanol–water partition coefficient (Wildman–Crippen LogP) is 3.19. The zero-order valence-electron chi connectivity index (χ0n) is 11.3. The Morgan fingerprint density at radius 3 is 2.62 bits per heavy atom. The molecular formula is C16H12FN3O. The number of aldehydes is 1. The standard InChI is InChI=1S/C16H12FN3O/c1-11-2-4-15(5-3-11)20-9-13(10-21)16(19-20)12-6-14(17)8-18-7-12/h2-10H,1H3. The fraction of sp³-hybridized carbons (Fsp3) is 0.0625. The Hall–Kier alpha value is -2.82. The van der Waals surface area contributed by atoms with Crippen molar-refractivity contribution < 1.29 is 9.18 Å². The van der Waals surface area contributed by atoms with E-state index in [2.05, 4.69) is 10.1 Å². The van der Waals surface area contributed by atoms with Crippen molar-refractivity contribution in [1.82, 2.24) is 14.8 Å². The van der Waals surface area contributed by atoms with Gasteiger partial charge in [-0.05, 0) is 25.1 Å². The highest BCUT2D eigenvalue weighted by atomic mass is 19.1. The second-order valence-electron chi connectivity index (χ2n) is 4.72. The molecule has 0 bridgehead atoms. The van der Waals surface area contributed by atoms with E-state index in [9.17, 15) is 9.18 Å². The maximum absolute atomic E-state index is 13.3. The van der Waals surface area contributed by atoms with Crippen LogP contribution in [0.3, 0.4) is 0 Å². The molecule has 0 radical (unpaired) electrons. The SMILES string of the molecule is Cc1ccc(-n2cc(C=O)c(-c3cncc(F)c3)n2)cc1. The molecule has 104 valence electrons. The summed E-state index contributed by atoms with van der Waals surface area (Å²) in [5, 5.41) is 4.37. The van der Waals surface area contributed by atoms with E-state index < -0.39 is 5.82 Å². The Morgan fingerprint density at radius 2 is 1.95 bits per heavy atom. The molecule has 1 aromatic carbocycles. The van der Waals surface area contributed by atoms with Gasteiger partial charge in [0.1, 0.15) is 11.5 Å². The maximum Gasteiger partial charge on any atom is 0.153 e. The van der Waals surface area contributed by atoms with Crippen LogP contribution in [-0.2, 0) is 0 Å². The van der Waals surface area contributed by atoms with Crippen molar-refractivity contribution in [2.75, 3.05) is 0 Å². The van der Waals surface area contributed by atoms with Crippen LogP contribution in [0.1, 0.15) is 15.9 Å². The molecule has 0 atom stereocenters. The van der Waals surface area contributed by atoms with Crippen LogP contribution in [0, 0.1) is 12.7 Å². The zero-order valence-corrected chi connectivity index (χ0v) is 11.3. The average molecular weight is 281 g/mol. The van der Waals surface area contributed by atoms with Crippen molar-refractivity contribution in [2.24, 2.45) is 0 Å².